The van der Waals surface area contributed by atoms with E-state index in [0.717, 1.165) is 38.2 Å². The Hall–Kier alpha value is -0.680. The van der Waals surface area contributed by atoms with Crippen LogP contribution in [0.5, 0.6) is 0 Å². The van der Waals surface area contributed by atoms with Gasteiger partial charge in [0.05, 0.1) is 0 Å². The predicted octanol–water partition coefficient (Wildman–Crippen LogP) is 4.68. The van der Waals surface area contributed by atoms with Crippen LogP contribution in [0.2, 0.25) is 0 Å². The van der Waals surface area contributed by atoms with Crippen molar-refractivity contribution in [3.8, 4) is 0 Å². The fraction of sp³-hybridized carbons (Fsp3) is 0.810. The first-order valence-corrected chi connectivity index (χ1v) is 9.31. The predicted molar refractivity (Wildman–Crippen MR) is 110 cm³/mol. The topological polar surface area (TPSA) is 80.9 Å². The van der Waals surface area contributed by atoms with Gasteiger partial charge in [0.25, 0.3) is 0 Å². The van der Waals surface area contributed by atoms with Crippen molar-refractivity contribution in [3.05, 3.63) is 24.3 Å². The molecule has 0 aromatic rings. The van der Waals surface area contributed by atoms with Crippen molar-refractivity contribution in [2.45, 2.75) is 86.4 Å². The third kappa shape index (κ3) is 25.7. The summed E-state index contributed by atoms with van der Waals surface area (Å²) in [5, 5.41) is 30.9. The molecular formula is C21H46O4. The minimum Gasteiger partial charge on any atom is -0.400 e. The Labute approximate surface area is 157 Å². The van der Waals surface area contributed by atoms with Crippen molar-refractivity contribution in [1.29, 1.82) is 0 Å². The van der Waals surface area contributed by atoms with Crippen LogP contribution in [0.15, 0.2) is 24.3 Å². The summed E-state index contributed by atoms with van der Waals surface area (Å²) in [4.78, 5) is 0. The molecule has 25 heavy (non-hydrogen) atoms. The Morgan fingerprint density at radius 2 is 1.60 bits per heavy atom. The highest BCUT2D eigenvalue weighted by atomic mass is 16.5. The molecule has 1 aliphatic carbocycles. The molecule has 0 aromatic carbocycles. The van der Waals surface area contributed by atoms with Crippen LogP contribution in [0.25, 0.3) is 0 Å². The summed E-state index contributed by atoms with van der Waals surface area (Å²) in [6, 6.07) is 0. The van der Waals surface area contributed by atoms with Gasteiger partial charge >= 0.3 is 0 Å². The third-order valence-corrected chi connectivity index (χ3v) is 3.55. The van der Waals surface area contributed by atoms with Crippen LogP contribution in [0.1, 0.15) is 80.1 Å². The molecule has 1 fully saturated rings. The van der Waals surface area contributed by atoms with Gasteiger partial charge in [0.1, 0.15) is 6.29 Å². The molecule has 0 amide bonds. The summed E-state index contributed by atoms with van der Waals surface area (Å²) >= 11 is 0. The zero-order chi connectivity index (χ0) is 19.2. The van der Waals surface area contributed by atoms with Crippen molar-refractivity contribution in [3.63, 3.8) is 0 Å². The zero-order valence-corrected chi connectivity index (χ0v) is 16.5. The van der Waals surface area contributed by atoms with Crippen LogP contribution in [0.3, 0.4) is 0 Å². The van der Waals surface area contributed by atoms with E-state index < -0.39 is 6.29 Å². The molecule has 4 nitrogen and oxygen atoms in total. The van der Waals surface area contributed by atoms with Crippen LogP contribution in [0.4, 0.5) is 0 Å². The quantitative estimate of drug-likeness (QED) is 0.301. The molecule has 1 aliphatic rings. The summed E-state index contributed by atoms with van der Waals surface area (Å²) in [5.41, 5.74) is 0. The van der Waals surface area contributed by atoms with E-state index in [9.17, 15) is 0 Å². The number of rotatable bonds is 7. The highest BCUT2D eigenvalue weighted by Crippen LogP contribution is 2.35. The summed E-state index contributed by atoms with van der Waals surface area (Å²) in [5.74, 6) is 1.69. The number of aliphatic hydroxyl groups is 4. The lowest BCUT2D eigenvalue weighted by Crippen LogP contribution is -2.03. The third-order valence-electron chi connectivity index (χ3n) is 3.55. The molecule has 0 aromatic heterocycles. The second-order valence-electron chi connectivity index (χ2n) is 5.44. The molecule has 2 atom stereocenters. The zero-order valence-electron chi connectivity index (χ0n) is 16.5. The van der Waals surface area contributed by atoms with Gasteiger partial charge in [0, 0.05) is 13.7 Å². The molecule has 4 heteroatoms. The maximum absolute atomic E-state index is 8.68. The molecule has 0 bridgehead atoms. The number of aliphatic hydroxyl groups excluding tert-OH is 3. The van der Waals surface area contributed by atoms with E-state index in [-0.39, 0.29) is 7.43 Å². The van der Waals surface area contributed by atoms with Crippen molar-refractivity contribution in [2.24, 2.45) is 11.8 Å². The first-order chi connectivity index (χ1) is 11.6. The number of unbranched alkanes of at least 4 members (excludes halogenated alkanes) is 2. The second kappa shape index (κ2) is 28.1. The monoisotopic (exact) mass is 362 g/mol. The number of hydrogen-bond acceptors (Lipinski definition) is 4. The highest BCUT2D eigenvalue weighted by molar-refractivity contribution is 4.97. The van der Waals surface area contributed by atoms with E-state index in [1.807, 2.05) is 13.8 Å². The highest BCUT2D eigenvalue weighted by Gasteiger charge is 2.23. The van der Waals surface area contributed by atoms with Gasteiger partial charge in [-0.2, -0.15) is 0 Å². The van der Waals surface area contributed by atoms with Crippen molar-refractivity contribution in [2.75, 3.05) is 13.7 Å². The first kappa shape index (κ1) is 32.0. The number of allylic oxidation sites excluding steroid dienone is 4. The standard InChI is InChI=1S/C15H26O.C2H6O2.C2H6.CH4O.CH4/c1-2-3-9-14-11-8-12-15(14)10-6-4-5-7-13-16;1-2(3)4;2*1-2;/h2-3,6,10,14-16H,4-5,7-9,11-13H2,1H3;2-4H,1H3;1-2H3;2H,1H3;1H4/b3-2+,10-6+;;;;. The Kier molecular flexibility index (Phi) is 36.0. The smallest absolute Gasteiger partial charge is 0.148 e. The van der Waals surface area contributed by atoms with E-state index in [1.54, 1.807) is 0 Å². The molecule has 0 radical (unpaired) electrons. The molecule has 0 saturated heterocycles. The largest absolute Gasteiger partial charge is 0.400 e. The minimum atomic E-state index is -1.17. The van der Waals surface area contributed by atoms with E-state index in [1.165, 1.54) is 32.6 Å². The Morgan fingerprint density at radius 1 is 1.04 bits per heavy atom. The van der Waals surface area contributed by atoms with E-state index in [4.69, 9.17) is 20.4 Å². The van der Waals surface area contributed by atoms with Gasteiger partial charge < -0.3 is 20.4 Å². The lowest BCUT2D eigenvalue weighted by Gasteiger charge is -2.13. The van der Waals surface area contributed by atoms with Crippen molar-refractivity contribution < 1.29 is 20.4 Å². The fourth-order valence-electron chi connectivity index (χ4n) is 2.57. The van der Waals surface area contributed by atoms with E-state index >= 15 is 0 Å². The molecule has 0 aliphatic heterocycles. The molecule has 0 spiro atoms. The van der Waals surface area contributed by atoms with Gasteiger partial charge in [-0.05, 0) is 64.2 Å². The van der Waals surface area contributed by atoms with Gasteiger partial charge in [-0.25, -0.2) is 0 Å². The van der Waals surface area contributed by atoms with Gasteiger partial charge in [0.15, 0.2) is 0 Å². The molecule has 154 valence electrons. The normalized spacial score (nSPS) is 18.6. The molecule has 4 N–H and O–H groups in total. The average molecular weight is 363 g/mol. The summed E-state index contributed by atoms with van der Waals surface area (Å²) in [7, 11) is 1.00. The van der Waals surface area contributed by atoms with Gasteiger partial charge in [-0.3, -0.25) is 0 Å². The fourth-order valence-corrected chi connectivity index (χ4v) is 2.57. The number of hydrogen-bond donors (Lipinski definition) is 4. The van der Waals surface area contributed by atoms with Crippen LogP contribution >= 0.6 is 0 Å². The Bertz CT molecular complexity index is 260. The lowest BCUT2D eigenvalue weighted by atomic mass is 9.92. The summed E-state index contributed by atoms with van der Waals surface area (Å²) in [6.07, 6.45) is 16.7. The van der Waals surface area contributed by atoms with E-state index in [0.29, 0.717) is 6.61 Å². The van der Waals surface area contributed by atoms with Crippen molar-refractivity contribution >= 4 is 0 Å². The van der Waals surface area contributed by atoms with Crippen LogP contribution < -0.4 is 0 Å². The van der Waals surface area contributed by atoms with Crippen LogP contribution in [-0.2, 0) is 0 Å². The van der Waals surface area contributed by atoms with Crippen LogP contribution in [-0.4, -0.2) is 40.4 Å². The first-order valence-electron chi connectivity index (χ1n) is 9.31. The van der Waals surface area contributed by atoms with Crippen LogP contribution in [0, 0.1) is 11.8 Å². The van der Waals surface area contributed by atoms with E-state index in [2.05, 4.69) is 31.2 Å². The maximum Gasteiger partial charge on any atom is 0.148 e. The summed E-state index contributed by atoms with van der Waals surface area (Å²) < 4.78 is 0. The molecule has 2 unspecified atom stereocenters. The van der Waals surface area contributed by atoms with Gasteiger partial charge in [0.2, 0.25) is 0 Å². The average Bonchev–Trinajstić information content (AvgIpc) is 3.03. The Balaban J connectivity index is -0.000000211. The van der Waals surface area contributed by atoms with Gasteiger partial charge in [-0.1, -0.05) is 52.0 Å². The van der Waals surface area contributed by atoms with Gasteiger partial charge in [-0.15, -0.1) is 0 Å². The lowest BCUT2D eigenvalue weighted by molar-refractivity contribution is -0.0228. The maximum atomic E-state index is 8.68. The molecular weight excluding hydrogens is 316 g/mol. The Morgan fingerprint density at radius 3 is 2.08 bits per heavy atom. The molecule has 1 saturated carbocycles. The molecule has 1 rings (SSSR count). The minimum absolute atomic E-state index is 0. The second-order valence-corrected chi connectivity index (χ2v) is 5.44. The molecule has 0 heterocycles. The SMILES string of the molecule is C.C/C=C/CC1CCCC1/C=C/CCCCO.CC.CC(O)O.CO. The summed E-state index contributed by atoms with van der Waals surface area (Å²) in [6.45, 7) is 7.72. The van der Waals surface area contributed by atoms with Crippen molar-refractivity contribution in [1.82, 2.24) is 0 Å².